The fourth-order valence-corrected chi connectivity index (χ4v) is 5.27. The molecule has 180 valence electrons. The summed E-state index contributed by atoms with van der Waals surface area (Å²) in [6.07, 6.45) is 18.8. The maximum Gasteiger partial charge on any atom is 1.00 e. The molecule has 0 radical (unpaired) electrons. The van der Waals surface area contributed by atoms with Crippen LogP contribution >= 0.6 is 0 Å². The molecule has 0 saturated heterocycles. The van der Waals surface area contributed by atoms with Crippen LogP contribution in [0, 0.1) is 0 Å². The maximum atomic E-state index is 12.0. The van der Waals surface area contributed by atoms with Gasteiger partial charge in [-0.05, 0) is 59.7 Å². The summed E-state index contributed by atoms with van der Waals surface area (Å²) in [5.74, 6) is 0. The zero-order chi connectivity index (χ0) is 23.2. The molecule has 2 aromatic carbocycles. The second-order valence-electron chi connectivity index (χ2n) is 9.34. The molecule has 0 aliphatic carbocycles. The summed E-state index contributed by atoms with van der Waals surface area (Å²) in [6.45, 7) is 4.45. The van der Waals surface area contributed by atoms with Gasteiger partial charge < -0.3 is 4.55 Å². The van der Waals surface area contributed by atoms with E-state index in [1.165, 1.54) is 76.2 Å². The summed E-state index contributed by atoms with van der Waals surface area (Å²) < 4.78 is 35.9. The first-order valence-electron chi connectivity index (χ1n) is 13.0. The van der Waals surface area contributed by atoms with Crippen molar-refractivity contribution in [2.24, 2.45) is 0 Å². The van der Waals surface area contributed by atoms with E-state index >= 15 is 0 Å². The molecule has 0 aromatic heterocycles. The zero-order valence-electron chi connectivity index (χ0n) is 21.3. The third-order valence-electron chi connectivity index (χ3n) is 6.47. The molecule has 0 aliphatic heterocycles. The predicted molar refractivity (Wildman–Crippen MR) is 135 cm³/mol. The van der Waals surface area contributed by atoms with Crippen LogP contribution in [0.3, 0.4) is 0 Å². The van der Waals surface area contributed by atoms with E-state index in [1.807, 2.05) is 6.07 Å². The molecule has 2 rings (SSSR count). The number of benzene rings is 2. The first-order valence-corrected chi connectivity index (χ1v) is 14.4. The van der Waals surface area contributed by atoms with Crippen molar-refractivity contribution in [3.05, 3.63) is 41.5 Å². The minimum atomic E-state index is -4.47. The van der Waals surface area contributed by atoms with Gasteiger partial charge in [-0.15, -0.1) is 0 Å². The van der Waals surface area contributed by atoms with Crippen LogP contribution in [0.2, 0.25) is 0 Å². The van der Waals surface area contributed by atoms with Gasteiger partial charge in [0.2, 0.25) is 0 Å². The molecule has 33 heavy (non-hydrogen) atoms. The minimum absolute atomic E-state index is 0. The Morgan fingerprint density at radius 1 is 0.636 bits per heavy atom. The SMILES string of the molecule is CCCCCCCCCc1ccc2cc(CCCCCCCCC)c(S(=O)(=O)[O-])cc2c1.[Na+]. The molecule has 0 spiro atoms. The van der Waals surface area contributed by atoms with Crippen molar-refractivity contribution in [1.29, 1.82) is 0 Å². The van der Waals surface area contributed by atoms with Crippen molar-refractivity contribution >= 4 is 20.9 Å². The van der Waals surface area contributed by atoms with E-state index in [1.54, 1.807) is 6.07 Å². The Morgan fingerprint density at radius 3 is 1.70 bits per heavy atom. The maximum absolute atomic E-state index is 12.0. The average molecular weight is 483 g/mol. The van der Waals surface area contributed by atoms with E-state index in [0.29, 0.717) is 12.0 Å². The van der Waals surface area contributed by atoms with Crippen molar-refractivity contribution in [3.8, 4) is 0 Å². The van der Waals surface area contributed by atoms with Gasteiger partial charge in [-0.25, -0.2) is 8.42 Å². The summed E-state index contributed by atoms with van der Waals surface area (Å²) in [4.78, 5) is -0.0240. The van der Waals surface area contributed by atoms with Gasteiger partial charge in [-0.2, -0.15) is 0 Å². The molecular formula is C28H43NaO3S. The third-order valence-corrected chi connectivity index (χ3v) is 7.39. The van der Waals surface area contributed by atoms with Crippen molar-refractivity contribution in [1.82, 2.24) is 0 Å². The summed E-state index contributed by atoms with van der Waals surface area (Å²) in [5, 5.41) is 1.89. The molecule has 5 heteroatoms. The molecule has 0 unspecified atom stereocenters. The van der Waals surface area contributed by atoms with E-state index in [2.05, 4.69) is 32.0 Å². The Morgan fingerprint density at radius 2 is 1.15 bits per heavy atom. The number of hydrogen-bond acceptors (Lipinski definition) is 3. The molecule has 0 bridgehead atoms. The van der Waals surface area contributed by atoms with Crippen LogP contribution in [0.15, 0.2) is 35.2 Å². The second-order valence-corrected chi connectivity index (χ2v) is 10.7. The van der Waals surface area contributed by atoms with Gasteiger partial charge in [-0.1, -0.05) is 109 Å². The van der Waals surface area contributed by atoms with Gasteiger partial charge in [0.15, 0.2) is 0 Å². The van der Waals surface area contributed by atoms with Gasteiger partial charge >= 0.3 is 29.6 Å². The monoisotopic (exact) mass is 482 g/mol. The molecule has 0 aliphatic rings. The van der Waals surface area contributed by atoms with Crippen molar-refractivity contribution < 1.29 is 42.5 Å². The zero-order valence-corrected chi connectivity index (χ0v) is 24.1. The molecule has 0 fully saturated rings. The van der Waals surface area contributed by atoms with Crippen LogP contribution in [0.4, 0.5) is 0 Å². The molecule has 3 nitrogen and oxygen atoms in total. The summed E-state index contributed by atoms with van der Waals surface area (Å²) in [6, 6.07) is 9.85. The van der Waals surface area contributed by atoms with Gasteiger partial charge in [0, 0.05) is 0 Å². The standard InChI is InChI=1S/C28H44O3S.Na/c1-3-5-7-9-11-13-15-17-24-19-20-25-22-26(18-16-14-12-10-8-6-4-2)28(32(29,30)31)23-27(25)21-24;/h19-23H,3-18H2,1-2H3,(H,29,30,31);/q;+1/p-1. The van der Waals surface area contributed by atoms with E-state index in [4.69, 9.17) is 0 Å². The predicted octanol–water partition coefficient (Wildman–Crippen LogP) is 5.33. The third kappa shape index (κ3) is 11.7. The summed E-state index contributed by atoms with van der Waals surface area (Å²) in [7, 11) is -4.47. The molecule has 0 N–H and O–H groups in total. The van der Waals surface area contributed by atoms with Gasteiger partial charge in [0.1, 0.15) is 10.1 Å². The first-order chi connectivity index (χ1) is 15.5. The molecule has 0 atom stereocenters. The van der Waals surface area contributed by atoms with Gasteiger partial charge in [0.25, 0.3) is 0 Å². The number of rotatable bonds is 17. The second kappa shape index (κ2) is 17.1. The van der Waals surface area contributed by atoms with Crippen molar-refractivity contribution in [2.75, 3.05) is 0 Å². The fourth-order valence-electron chi connectivity index (χ4n) is 4.52. The van der Waals surface area contributed by atoms with Crippen molar-refractivity contribution in [2.45, 2.75) is 121 Å². The molecule has 0 amide bonds. The Balaban J connectivity index is 0.00000544. The van der Waals surface area contributed by atoms with Gasteiger partial charge in [-0.3, -0.25) is 0 Å². The Labute approximate surface area is 225 Å². The molecule has 0 heterocycles. The Bertz CT molecular complexity index is 909. The Kier molecular flexibility index (Phi) is 15.9. The molecular weight excluding hydrogens is 439 g/mol. The molecule has 0 saturated carbocycles. The first kappa shape index (κ1) is 30.6. The smallest absolute Gasteiger partial charge is 0.744 e. The van der Waals surface area contributed by atoms with Crippen molar-refractivity contribution in [3.63, 3.8) is 0 Å². The summed E-state index contributed by atoms with van der Waals surface area (Å²) in [5.41, 5.74) is 1.90. The largest absolute Gasteiger partial charge is 1.00 e. The van der Waals surface area contributed by atoms with Crippen LogP contribution in [0.5, 0.6) is 0 Å². The average Bonchev–Trinajstić information content (AvgIpc) is 2.76. The van der Waals surface area contributed by atoms with Crippen LogP contribution in [-0.2, 0) is 23.0 Å². The van der Waals surface area contributed by atoms with Crippen LogP contribution in [-0.4, -0.2) is 13.0 Å². The van der Waals surface area contributed by atoms with E-state index in [-0.39, 0.29) is 34.5 Å². The van der Waals surface area contributed by atoms with Crippen LogP contribution in [0.25, 0.3) is 10.8 Å². The topological polar surface area (TPSA) is 57.2 Å². The van der Waals surface area contributed by atoms with E-state index in [0.717, 1.165) is 36.5 Å². The van der Waals surface area contributed by atoms with E-state index in [9.17, 15) is 13.0 Å². The number of unbranched alkanes of at least 4 members (excludes halogenated alkanes) is 12. The van der Waals surface area contributed by atoms with Crippen LogP contribution < -0.4 is 29.6 Å². The van der Waals surface area contributed by atoms with E-state index < -0.39 is 10.1 Å². The quantitative estimate of drug-likeness (QED) is 0.174. The van der Waals surface area contributed by atoms with Crippen LogP contribution in [0.1, 0.15) is 115 Å². The minimum Gasteiger partial charge on any atom is -0.744 e. The molecule has 2 aromatic rings. The normalized spacial score (nSPS) is 11.6. The number of hydrogen-bond donors (Lipinski definition) is 0. The Hall–Kier alpha value is -0.390. The van der Waals surface area contributed by atoms with Gasteiger partial charge in [0.05, 0.1) is 4.90 Å². The fraction of sp³-hybridized carbons (Fsp3) is 0.643. The summed E-state index contributed by atoms with van der Waals surface area (Å²) >= 11 is 0. The number of aryl methyl sites for hydroxylation is 2. The number of fused-ring (bicyclic) bond motifs is 1.